The Labute approximate surface area is 125 Å². The van der Waals surface area contributed by atoms with E-state index in [1.165, 1.54) is 6.92 Å². The monoisotopic (exact) mass is 292 g/mol. The highest BCUT2D eigenvalue weighted by Gasteiger charge is 2.25. The average Bonchev–Trinajstić information content (AvgIpc) is 2.86. The first-order valence-corrected chi connectivity index (χ1v) is 7.50. The highest BCUT2D eigenvalue weighted by molar-refractivity contribution is 5.93. The Balaban J connectivity index is 1.92. The topological polar surface area (TPSA) is 80.4 Å². The number of anilines is 1. The van der Waals surface area contributed by atoms with Crippen LogP contribution in [0.1, 0.15) is 37.2 Å². The molecule has 0 unspecified atom stereocenters. The molecule has 6 nitrogen and oxygen atoms in total. The zero-order valence-corrected chi connectivity index (χ0v) is 12.8. The Bertz CT molecular complexity index is 516. The van der Waals surface area contributed by atoms with Gasteiger partial charge in [-0.1, -0.05) is 0 Å². The van der Waals surface area contributed by atoms with E-state index < -0.39 is 0 Å². The van der Waals surface area contributed by atoms with Gasteiger partial charge in [0.2, 0.25) is 5.91 Å². The summed E-state index contributed by atoms with van der Waals surface area (Å²) in [5.41, 5.74) is 7.07. The molecule has 2 amide bonds. The van der Waals surface area contributed by atoms with Gasteiger partial charge in [-0.2, -0.15) is 0 Å². The normalized spacial score (nSPS) is 16.0. The Morgan fingerprint density at radius 2 is 2.05 bits per heavy atom. The third-order valence-electron chi connectivity index (χ3n) is 4.02. The molecule has 1 saturated heterocycles. The largest absolute Gasteiger partial charge is 0.397 e. The van der Waals surface area contributed by atoms with Gasteiger partial charge in [-0.15, -0.1) is 0 Å². The summed E-state index contributed by atoms with van der Waals surface area (Å²) in [5.74, 6) is 0.511. The van der Waals surface area contributed by atoms with Crippen LogP contribution in [0.5, 0.6) is 0 Å². The first kappa shape index (κ1) is 15.4. The number of piperidine rings is 1. The molecule has 0 atom stereocenters. The molecule has 0 aliphatic carbocycles. The van der Waals surface area contributed by atoms with E-state index in [2.05, 4.69) is 5.32 Å². The Morgan fingerprint density at radius 3 is 2.62 bits per heavy atom. The second-order valence-electron chi connectivity index (χ2n) is 5.62. The number of aromatic nitrogens is 1. The van der Waals surface area contributed by atoms with E-state index >= 15 is 0 Å². The number of carbonyl (C=O) groups excluding carboxylic acids is 2. The summed E-state index contributed by atoms with van der Waals surface area (Å²) < 4.78 is 1.89. The summed E-state index contributed by atoms with van der Waals surface area (Å²) in [6.45, 7) is 6.43. The number of hydrogen-bond acceptors (Lipinski definition) is 3. The van der Waals surface area contributed by atoms with Crippen molar-refractivity contribution in [1.82, 2.24) is 14.8 Å². The fraction of sp³-hybridized carbons (Fsp3) is 0.600. The highest BCUT2D eigenvalue weighted by Crippen LogP contribution is 2.20. The summed E-state index contributed by atoms with van der Waals surface area (Å²) in [7, 11) is 0. The predicted molar refractivity (Wildman–Crippen MR) is 81.8 cm³/mol. The van der Waals surface area contributed by atoms with Crippen LogP contribution < -0.4 is 11.1 Å². The molecular weight excluding hydrogens is 268 g/mol. The average molecular weight is 292 g/mol. The van der Waals surface area contributed by atoms with Crippen LogP contribution in [0.4, 0.5) is 5.69 Å². The van der Waals surface area contributed by atoms with E-state index in [1.54, 1.807) is 12.3 Å². The second-order valence-corrected chi connectivity index (χ2v) is 5.62. The van der Waals surface area contributed by atoms with Crippen LogP contribution in [0.15, 0.2) is 12.3 Å². The van der Waals surface area contributed by atoms with Crippen LogP contribution in [0.2, 0.25) is 0 Å². The van der Waals surface area contributed by atoms with Gasteiger partial charge in [0.15, 0.2) is 0 Å². The summed E-state index contributed by atoms with van der Waals surface area (Å²) in [4.78, 5) is 25.4. The maximum Gasteiger partial charge on any atom is 0.270 e. The van der Waals surface area contributed by atoms with Crippen LogP contribution in [-0.2, 0) is 11.3 Å². The number of carbonyl (C=O) groups is 2. The molecule has 3 N–H and O–H groups in total. The maximum atomic E-state index is 12.5. The predicted octanol–water partition coefficient (Wildman–Crippen LogP) is 1.08. The number of hydrogen-bond donors (Lipinski definition) is 2. The van der Waals surface area contributed by atoms with E-state index in [-0.39, 0.29) is 11.8 Å². The van der Waals surface area contributed by atoms with Crippen molar-refractivity contribution < 1.29 is 9.59 Å². The van der Waals surface area contributed by atoms with Crippen molar-refractivity contribution in [2.45, 2.75) is 33.2 Å². The Kier molecular flexibility index (Phi) is 4.88. The summed E-state index contributed by atoms with van der Waals surface area (Å²) in [5, 5.41) is 2.85. The molecule has 1 aromatic rings. The van der Waals surface area contributed by atoms with Crippen molar-refractivity contribution >= 4 is 17.5 Å². The van der Waals surface area contributed by atoms with Gasteiger partial charge < -0.3 is 20.5 Å². The molecule has 1 fully saturated rings. The van der Waals surface area contributed by atoms with Crippen molar-refractivity contribution in [3.8, 4) is 0 Å². The number of amides is 2. The third-order valence-corrected chi connectivity index (χ3v) is 4.02. The lowest BCUT2D eigenvalue weighted by atomic mass is 9.96. The molecule has 1 aromatic heterocycles. The van der Waals surface area contributed by atoms with Gasteiger partial charge in [0.05, 0.1) is 5.69 Å². The van der Waals surface area contributed by atoms with Crippen molar-refractivity contribution in [3.05, 3.63) is 18.0 Å². The first-order valence-electron chi connectivity index (χ1n) is 7.50. The molecular formula is C15H24N4O2. The molecule has 21 heavy (non-hydrogen) atoms. The zero-order valence-electron chi connectivity index (χ0n) is 12.8. The van der Waals surface area contributed by atoms with E-state index in [9.17, 15) is 9.59 Å². The lowest BCUT2D eigenvalue weighted by Crippen LogP contribution is -2.41. The second kappa shape index (κ2) is 6.65. The summed E-state index contributed by atoms with van der Waals surface area (Å²) >= 11 is 0. The summed E-state index contributed by atoms with van der Waals surface area (Å²) in [6.07, 6.45) is 3.65. The molecule has 0 radical (unpaired) electrons. The van der Waals surface area contributed by atoms with E-state index in [0.29, 0.717) is 23.8 Å². The van der Waals surface area contributed by atoms with Gasteiger partial charge in [-0.05, 0) is 31.7 Å². The fourth-order valence-electron chi connectivity index (χ4n) is 2.76. The van der Waals surface area contributed by atoms with Crippen LogP contribution in [0, 0.1) is 5.92 Å². The van der Waals surface area contributed by atoms with Gasteiger partial charge in [0.25, 0.3) is 5.91 Å². The highest BCUT2D eigenvalue weighted by atomic mass is 16.2. The van der Waals surface area contributed by atoms with Crippen molar-refractivity contribution in [2.24, 2.45) is 5.92 Å². The molecule has 0 spiro atoms. The number of nitrogens with two attached hydrogens (primary N) is 1. The van der Waals surface area contributed by atoms with Crippen LogP contribution >= 0.6 is 0 Å². The molecule has 1 aliphatic heterocycles. The van der Waals surface area contributed by atoms with Crippen molar-refractivity contribution in [1.29, 1.82) is 0 Å². The van der Waals surface area contributed by atoms with E-state index in [4.69, 9.17) is 5.73 Å². The van der Waals surface area contributed by atoms with E-state index in [1.807, 2.05) is 16.4 Å². The lowest BCUT2D eigenvalue weighted by Gasteiger charge is -2.32. The third kappa shape index (κ3) is 3.77. The number of nitrogens with zero attached hydrogens (tertiary/aromatic N) is 2. The van der Waals surface area contributed by atoms with Gasteiger partial charge in [0.1, 0.15) is 5.69 Å². The first-order chi connectivity index (χ1) is 10.0. The quantitative estimate of drug-likeness (QED) is 0.871. The maximum absolute atomic E-state index is 12.5. The van der Waals surface area contributed by atoms with Crippen LogP contribution in [0.3, 0.4) is 0 Å². The Morgan fingerprint density at radius 1 is 1.38 bits per heavy atom. The number of nitrogens with one attached hydrogen (secondary N) is 1. The van der Waals surface area contributed by atoms with Gasteiger partial charge in [-0.25, -0.2) is 0 Å². The van der Waals surface area contributed by atoms with Crippen molar-refractivity contribution in [2.75, 3.05) is 25.4 Å². The van der Waals surface area contributed by atoms with Crippen LogP contribution in [0.25, 0.3) is 0 Å². The molecule has 116 valence electrons. The van der Waals surface area contributed by atoms with Crippen molar-refractivity contribution in [3.63, 3.8) is 0 Å². The Hall–Kier alpha value is -1.98. The zero-order chi connectivity index (χ0) is 15.4. The molecule has 0 bridgehead atoms. The minimum atomic E-state index is 0.00440. The number of nitrogen functional groups attached to an aromatic ring is 1. The fourth-order valence-corrected chi connectivity index (χ4v) is 2.76. The van der Waals surface area contributed by atoms with Gasteiger partial charge in [-0.3, -0.25) is 9.59 Å². The number of rotatable bonds is 4. The smallest absolute Gasteiger partial charge is 0.270 e. The molecule has 2 heterocycles. The number of aryl methyl sites for hydroxylation is 1. The standard InChI is InChI=1S/C15H24N4O2/c1-3-18-10-13(16)8-14(18)15(21)19-6-4-12(5-7-19)9-17-11(2)20/h8,10,12H,3-7,9,16H2,1-2H3,(H,17,20). The lowest BCUT2D eigenvalue weighted by molar-refractivity contribution is -0.119. The number of likely N-dealkylation sites (tertiary alicyclic amines) is 1. The van der Waals surface area contributed by atoms with Crippen LogP contribution in [-0.4, -0.2) is 40.9 Å². The molecule has 0 saturated carbocycles. The minimum absolute atomic E-state index is 0.00440. The molecule has 0 aromatic carbocycles. The summed E-state index contributed by atoms with van der Waals surface area (Å²) in [6, 6.07) is 1.75. The molecule has 1 aliphatic rings. The minimum Gasteiger partial charge on any atom is -0.397 e. The molecule has 2 rings (SSSR count). The molecule has 6 heteroatoms. The van der Waals surface area contributed by atoms with Gasteiger partial charge in [0, 0.05) is 39.3 Å². The van der Waals surface area contributed by atoms with E-state index in [0.717, 1.165) is 32.5 Å². The SMILES string of the molecule is CCn1cc(N)cc1C(=O)N1CCC(CNC(C)=O)CC1. The van der Waals surface area contributed by atoms with Gasteiger partial charge >= 0.3 is 0 Å².